The Morgan fingerprint density at radius 1 is 1.20 bits per heavy atom. The molecule has 2 aliphatic rings. The molecule has 1 atom stereocenters. The molecule has 0 bridgehead atoms. The average Bonchev–Trinajstić information content (AvgIpc) is 3.32. The van der Waals surface area contributed by atoms with Crippen molar-refractivity contribution in [2.24, 2.45) is 5.92 Å². The fraction of sp³-hybridized carbons (Fsp3) is 0.438. The Hall–Kier alpha value is -1.32. The molecule has 1 aliphatic heterocycles. The van der Waals surface area contributed by atoms with Crippen LogP contribution in [0.4, 0.5) is 5.82 Å². The van der Waals surface area contributed by atoms with Crippen LogP contribution < -0.4 is 4.90 Å². The number of nitrogens with zero attached hydrogens (tertiary/aromatic N) is 2. The lowest BCUT2D eigenvalue weighted by Gasteiger charge is -2.34. The van der Waals surface area contributed by atoms with Crippen LogP contribution in [0.2, 0.25) is 5.02 Å². The summed E-state index contributed by atoms with van der Waals surface area (Å²) in [7, 11) is 0. The van der Waals surface area contributed by atoms with Gasteiger partial charge in [0.1, 0.15) is 5.82 Å². The van der Waals surface area contributed by atoms with E-state index in [-0.39, 0.29) is 0 Å². The average molecular weight is 289 g/mol. The number of aromatic nitrogens is 1. The van der Waals surface area contributed by atoms with Gasteiger partial charge in [-0.3, -0.25) is 0 Å². The first-order valence-corrected chi connectivity index (χ1v) is 7.61. The number of morpholine rings is 1. The maximum atomic E-state index is 6.25. The summed E-state index contributed by atoms with van der Waals surface area (Å²) < 4.78 is 5.87. The van der Waals surface area contributed by atoms with Gasteiger partial charge in [0.15, 0.2) is 0 Å². The zero-order valence-electron chi connectivity index (χ0n) is 11.3. The molecule has 0 amide bonds. The molecule has 2 heterocycles. The molecule has 1 saturated heterocycles. The van der Waals surface area contributed by atoms with Gasteiger partial charge in [-0.05, 0) is 37.0 Å². The molecule has 1 aliphatic carbocycles. The highest BCUT2D eigenvalue weighted by Crippen LogP contribution is 2.36. The number of anilines is 1. The first-order valence-electron chi connectivity index (χ1n) is 7.23. The normalized spacial score (nSPS) is 23.2. The summed E-state index contributed by atoms with van der Waals surface area (Å²) in [4.78, 5) is 7.08. The van der Waals surface area contributed by atoms with Crippen LogP contribution in [-0.2, 0) is 4.74 Å². The van der Waals surface area contributed by atoms with Crippen molar-refractivity contribution >= 4 is 28.3 Å². The smallest absolute Gasteiger partial charge is 0.129 e. The second-order valence-corrected chi connectivity index (χ2v) is 6.08. The summed E-state index contributed by atoms with van der Waals surface area (Å²) in [5, 5.41) is 1.81. The molecule has 2 aromatic rings. The predicted molar refractivity (Wildman–Crippen MR) is 81.4 cm³/mol. The largest absolute Gasteiger partial charge is 0.374 e. The fourth-order valence-corrected chi connectivity index (χ4v) is 3.14. The Balaban J connectivity index is 1.65. The van der Waals surface area contributed by atoms with Crippen LogP contribution in [0.1, 0.15) is 12.8 Å². The van der Waals surface area contributed by atoms with Gasteiger partial charge in [0.2, 0.25) is 0 Å². The Morgan fingerprint density at radius 2 is 2.10 bits per heavy atom. The molecular formula is C16H17ClN2O. The van der Waals surface area contributed by atoms with Gasteiger partial charge < -0.3 is 9.64 Å². The van der Waals surface area contributed by atoms with E-state index in [2.05, 4.69) is 17.0 Å². The number of para-hydroxylation sites is 1. The van der Waals surface area contributed by atoms with Gasteiger partial charge in [0, 0.05) is 18.5 Å². The molecule has 0 N–H and O–H groups in total. The van der Waals surface area contributed by atoms with Gasteiger partial charge in [-0.1, -0.05) is 23.7 Å². The third-order valence-corrected chi connectivity index (χ3v) is 4.53. The van der Waals surface area contributed by atoms with E-state index in [4.69, 9.17) is 21.3 Å². The van der Waals surface area contributed by atoms with Crippen molar-refractivity contribution in [2.75, 3.05) is 24.6 Å². The van der Waals surface area contributed by atoms with Crippen LogP contribution >= 0.6 is 11.6 Å². The summed E-state index contributed by atoms with van der Waals surface area (Å²) >= 11 is 6.25. The molecule has 104 valence electrons. The number of benzene rings is 1. The predicted octanol–water partition coefficient (Wildman–Crippen LogP) is 3.50. The highest BCUT2D eigenvalue weighted by molar-refractivity contribution is 6.35. The number of pyridine rings is 1. The van der Waals surface area contributed by atoms with E-state index in [1.54, 1.807) is 0 Å². The minimum absolute atomic E-state index is 0.382. The van der Waals surface area contributed by atoms with E-state index in [0.29, 0.717) is 6.10 Å². The van der Waals surface area contributed by atoms with Crippen LogP contribution in [0.25, 0.3) is 10.9 Å². The highest BCUT2D eigenvalue weighted by Gasteiger charge is 2.35. The van der Waals surface area contributed by atoms with E-state index >= 15 is 0 Å². The van der Waals surface area contributed by atoms with Gasteiger partial charge in [-0.2, -0.15) is 0 Å². The SMILES string of the molecule is Clc1cccc2ccc(N3CCOC(C4CC4)C3)nc12. The van der Waals surface area contributed by atoms with Crippen molar-refractivity contribution in [3.05, 3.63) is 35.4 Å². The Kier molecular flexibility index (Phi) is 3.04. The van der Waals surface area contributed by atoms with Crippen LogP contribution in [-0.4, -0.2) is 30.8 Å². The lowest BCUT2D eigenvalue weighted by molar-refractivity contribution is 0.0261. The highest BCUT2D eigenvalue weighted by atomic mass is 35.5. The Bertz CT molecular complexity index is 641. The van der Waals surface area contributed by atoms with Crippen molar-refractivity contribution in [2.45, 2.75) is 18.9 Å². The summed E-state index contributed by atoms with van der Waals surface area (Å²) in [5.41, 5.74) is 0.890. The minimum Gasteiger partial charge on any atom is -0.374 e. The van der Waals surface area contributed by atoms with Crippen molar-refractivity contribution < 1.29 is 4.74 Å². The van der Waals surface area contributed by atoms with E-state index in [0.717, 1.165) is 47.4 Å². The maximum absolute atomic E-state index is 6.25. The van der Waals surface area contributed by atoms with Crippen LogP contribution in [0.5, 0.6) is 0 Å². The molecule has 2 fully saturated rings. The molecule has 4 heteroatoms. The molecule has 1 saturated carbocycles. The van der Waals surface area contributed by atoms with Crippen molar-refractivity contribution in [1.29, 1.82) is 0 Å². The van der Waals surface area contributed by atoms with Gasteiger partial charge >= 0.3 is 0 Å². The van der Waals surface area contributed by atoms with Crippen molar-refractivity contribution in [1.82, 2.24) is 4.98 Å². The maximum Gasteiger partial charge on any atom is 0.129 e. The molecule has 3 nitrogen and oxygen atoms in total. The third-order valence-electron chi connectivity index (χ3n) is 4.22. The number of hydrogen-bond acceptors (Lipinski definition) is 3. The quantitative estimate of drug-likeness (QED) is 0.846. The first-order chi connectivity index (χ1) is 9.81. The molecule has 1 unspecified atom stereocenters. The van der Waals surface area contributed by atoms with E-state index < -0.39 is 0 Å². The zero-order valence-corrected chi connectivity index (χ0v) is 12.0. The monoisotopic (exact) mass is 288 g/mol. The van der Waals surface area contributed by atoms with E-state index in [9.17, 15) is 0 Å². The van der Waals surface area contributed by atoms with E-state index in [1.807, 2.05) is 18.2 Å². The summed E-state index contributed by atoms with van der Waals surface area (Å²) in [6, 6.07) is 10.1. The molecule has 1 aromatic heterocycles. The number of fused-ring (bicyclic) bond motifs is 1. The summed E-state index contributed by atoms with van der Waals surface area (Å²) in [6.07, 6.45) is 3.01. The molecule has 0 radical (unpaired) electrons. The molecule has 20 heavy (non-hydrogen) atoms. The van der Waals surface area contributed by atoms with Crippen molar-refractivity contribution in [3.8, 4) is 0 Å². The topological polar surface area (TPSA) is 25.4 Å². The Labute approximate surface area is 123 Å². The second-order valence-electron chi connectivity index (χ2n) is 5.67. The van der Waals surface area contributed by atoms with Crippen LogP contribution in [0, 0.1) is 5.92 Å². The second kappa shape index (κ2) is 4.90. The first kappa shape index (κ1) is 12.4. The van der Waals surface area contributed by atoms with Gasteiger partial charge in [-0.25, -0.2) is 4.98 Å². The molecule has 1 aromatic carbocycles. The van der Waals surface area contributed by atoms with Gasteiger partial charge in [0.05, 0.1) is 23.3 Å². The lowest BCUT2D eigenvalue weighted by atomic mass is 10.1. The summed E-state index contributed by atoms with van der Waals surface area (Å²) in [6.45, 7) is 2.66. The summed E-state index contributed by atoms with van der Waals surface area (Å²) in [5.74, 6) is 1.78. The number of ether oxygens (including phenoxy) is 1. The number of halogens is 1. The third kappa shape index (κ3) is 2.25. The van der Waals surface area contributed by atoms with Gasteiger partial charge in [0.25, 0.3) is 0 Å². The lowest BCUT2D eigenvalue weighted by Crippen LogP contribution is -2.43. The standard InChI is InChI=1S/C16H17ClN2O/c17-13-3-1-2-12-6-7-15(18-16(12)13)19-8-9-20-14(10-19)11-4-5-11/h1-3,6-7,11,14H,4-5,8-10H2. The Morgan fingerprint density at radius 3 is 2.95 bits per heavy atom. The molecule has 0 spiro atoms. The van der Waals surface area contributed by atoms with Crippen molar-refractivity contribution in [3.63, 3.8) is 0 Å². The minimum atomic E-state index is 0.382. The van der Waals surface area contributed by atoms with Gasteiger partial charge in [-0.15, -0.1) is 0 Å². The molecule has 4 rings (SSSR count). The van der Waals surface area contributed by atoms with Crippen LogP contribution in [0.3, 0.4) is 0 Å². The number of hydrogen-bond donors (Lipinski definition) is 0. The van der Waals surface area contributed by atoms with Crippen LogP contribution in [0.15, 0.2) is 30.3 Å². The number of rotatable bonds is 2. The zero-order chi connectivity index (χ0) is 13.5. The van der Waals surface area contributed by atoms with E-state index in [1.165, 1.54) is 12.8 Å². The molecular weight excluding hydrogens is 272 g/mol. The fourth-order valence-electron chi connectivity index (χ4n) is 2.91.